The van der Waals surface area contributed by atoms with Gasteiger partial charge in [0.15, 0.2) is 5.75 Å². The summed E-state index contributed by atoms with van der Waals surface area (Å²) in [4.78, 5) is 10.4. The second-order valence-corrected chi connectivity index (χ2v) is 3.26. The highest BCUT2D eigenvalue weighted by molar-refractivity contribution is 6.48. The van der Waals surface area contributed by atoms with Crippen LogP contribution in [0, 0.1) is 0 Å². The van der Waals surface area contributed by atoms with Crippen LogP contribution in [0.5, 0.6) is 5.75 Å². The van der Waals surface area contributed by atoms with Gasteiger partial charge in [0, 0.05) is 0 Å². The van der Waals surface area contributed by atoms with Gasteiger partial charge in [0.05, 0.1) is 10.0 Å². The van der Waals surface area contributed by atoms with E-state index in [1.165, 1.54) is 12.1 Å². The van der Waals surface area contributed by atoms with Gasteiger partial charge in [-0.25, -0.2) is 4.79 Å². The molecule has 0 aliphatic rings. The van der Waals surface area contributed by atoms with Crippen LogP contribution in [0.1, 0.15) is 0 Å². The highest BCUT2D eigenvalue weighted by Gasteiger charge is 2.11. The number of carbonyl (C=O) groups is 1. The van der Waals surface area contributed by atoms with Gasteiger partial charge in [-0.3, -0.25) is 0 Å². The Kier molecular flexibility index (Phi) is 3.25. The number of hydrogen-bond donors (Lipinski definition) is 1. The minimum Gasteiger partial charge on any atom is -0.409 e. The van der Waals surface area contributed by atoms with Gasteiger partial charge in [0.25, 0.3) is 0 Å². The third-order valence-corrected chi connectivity index (χ3v) is 2.49. The molecule has 0 aromatic heterocycles. The lowest BCUT2D eigenvalue weighted by molar-refractivity contribution is 0.211. The molecule has 0 aliphatic heterocycles. The van der Waals surface area contributed by atoms with Gasteiger partial charge in [0.1, 0.15) is 5.02 Å². The Labute approximate surface area is 89.3 Å². The maximum absolute atomic E-state index is 10.4. The molecular weight excluding hydrogens is 236 g/mol. The van der Waals surface area contributed by atoms with E-state index in [1.807, 2.05) is 0 Å². The second kappa shape index (κ2) is 4.05. The zero-order valence-electron chi connectivity index (χ0n) is 6.18. The van der Waals surface area contributed by atoms with E-state index in [2.05, 4.69) is 4.74 Å². The van der Waals surface area contributed by atoms with Crippen LogP contribution in [-0.2, 0) is 0 Å². The number of amides is 1. The van der Waals surface area contributed by atoms with E-state index in [0.717, 1.165) is 0 Å². The summed E-state index contributed by atoms with van der Waals surface area (Å²) in [5.74, 6) is 0.0866. The molecule has 13 heavy (non-hydrogen) atoms. The van der Waals surface area contributed by atoms with Gasteiger partial charge < -0.3 is 10.5 Å². The van der Waals surface area contributed by atoms with Crippen molar-refractivity contribution in [2.45, 2.75) is 0 Å². The van der Waals surface area contributed by atoms with Crippen molar-refractivity contribution < 1.29 is 9.53 Å². The van der Waals surface area contributed by atoms with Gasteiger partial charge in [-0.1, -0.05) is 34.8 Å². The van der Waals surface area contributed by atoms with E-state index in [-0.39, 0.29) is 20.8 Å². The van der Waals surface area contributed by atoms with Crippen molar-refractivity contribution in [1.82, 2.24) is 0 Å². The maximum Gasteiger partial charge on any atom is 0.410 e. The first-order chi connectivity index (χ1) is 6.02. The van der Waals surface area contributed by atoms with Crippen LogP contribution in [0.3, 0.4) is 0 Å². The Morgan fingerprint density at radius 2 is 1.85 bits per heavy atom. The van der Waals surface area contributed by atoms with E-state index in [0.29, 0.717) is 0 Å². The summed E-state index contributed by atoms with van der Waals surface area (Å²) in [6.45, 7) is 0. The predicted octanol–water partition coefficient (Wildman–Crippen LogP) is 3.10. The molecule has 1 amide bonds. The second-order valence-electron chi connectivity index (χ2n) is 2.09. The minimum atomic E-state index is -0.958. The molecule has 0 fully saturated rings. The van der Waals surface area contributed by atoms with E-state index in [1.54, 1.807) is 0 Å². The number of nitrogens with two attached hydrogens (primary N) is 1. The van der Waals surface area contributed by atoms with Gasteiger partial charge in [0.2, 0.25) is 0 Å². The molecule has 3 nitrogen and oxygen atoms in total. The number of halogens is 3. The molecule has 0 atom stereocenters. The van der Waals surface area contributed by atoms with Crippen LogP contribution in [0.15, 0.2) is 12.1 Å². The molecule has 0 aliphatic carbocycles. The summed E-state index contributed by atoms with van der Waals surface area (Å²) in [5, 5.41) is 0.471. The fourth-order valence-corrected chi connectivity index (χ4v) is 1.26. The summed E-state index contributed by atoms with van der Waals surface area (Å²) in [5.41, 5.74) is 4.79. The fraction of sp³-hybridized carbons (Fsp3) is 0. The molecule has 1 aromatic rings. The highest BCUT2D eigenvalue weighted by atomic mass is 35.5. The summed E-state index contributed by atoms with van der Waals surface area (Å²) in [6.07, 6.45) is -0.958. The van der Waals surface area contributed by atoms with Crippen molar-refractivity contribution in [1.29, 1.82) is 0 Å². The van der Waals surface area contributed by atoms with Crippen molar-refractivity contribution in [2.75, 3.05) is 0 Å². The van der Waals surface area contributed by atoms with Gasteiger partial charge >= 0.3 is 6.09 Å². The Hall–Kier alpha value is -0.640. The SMILES string of the molecule is NC(=O)Oc1ccc(Cl)c(Cl)c1Cl. The number of benzene rings is 1. The third-order valence-electron chi connectivity index (χ3n) is 1.21. The average molecular weight is 240 g/mol. The lowest BCUT2D eigenvalue weighted by Gasteiger charge is -2.05. The number of carbonyl (C=O) groups excluding carboxylic acids is 1. The van der Waals surface area contributed by atoms with Crippen molar-refractivity contribution in [3.8, 4) is 5.75 Å². The fourth-order valence-electron chi connectivity index (χ4n) is 0.695. The first kappa shape index (κ1) is 10.4. The first-order valence-electron chi connectivity index (χ1n) is 3.13. The average Bonchev–Trinajstić information content (AvgIpc) is 2.06. The molecule has 0 bridgehead atoms. The van der Waals surface area contributed by atoms with E-state index in [4.69, 9.17) is 40.5 Å². The first-order valence-corrected chi connectivity index (χ1v) is 4.26. The molecule has 0 unspecified atom stereocenters. The summed E-state index contributed by atoms with van der Waals surface area (Å²) in [7, 11) is 0. The van der Waals surface area contributed by atoms with Crippen LogP contribution in [0.25, 0.3) is 0 Å². The molecule has 0 saturated carbocycles. The Bertz CT molecular complexity index is 354. The molecule has 0 saturated heterocycles. The van der Waals surface area contributed by atoms with Crippen LogP contribution in [0.2, 0.25) is 15.1 Å². The minimum absolute atomic E-state index is 0.0629. The quantitative estimate of drug-likeness (QED) is 0.767. The lowest BCUT2D eigenvalue weighted by atomic mass is 10.3. The topological polar surface area (TPSA) is 52.3 Å². The molecule has 1 aromatic carbocycles. The highest BCUT2D eigenvalue weighted by Crippen LogP contribution is 2.36. The Balaban J connectivity index is 3.10. The van der Waals surface area contributed by atoms with Crippen molar-refractivity contribution in [3.63, 3.8) is 0 Å². The van der Waals surface area contributed by atoms with Gasteiger partial charge in [-0.05, 0) is 12.1 Å². The predicted molar refractivity (Wildman–Crippen MR) is 51.7 cm³/mol. The molecule has 0 spiro atoms. The summed E-state index contributed by atoms with van der Waals surface area (Å²) >= 11 is 17.0. The Morgan fingerprint density at radius 1 is 1.23 bits per heavy atom. The smallest absolute Gasteiger partial charge is 0.409 e. The molecule has 2 N–H and O–H groups in total. The van der Waals surface area contributed by atoms with Gasteiger partial charge in [-0.15, -0.1) is 0 Å². The standard InChI is InChI=1S/C7H4Cl3NO2/c8-3-1-2-4(13-7(11)12)6(10)5(3)9/h1-2H,(H2,11,12). The largest absolute Gasteiger partial charge is 0.410 e. The number of primary amides is 1. The van der Waals surface area contributed by atoms with Crippen molar-refractivity contribution in [2.24, 2.45) is 5.73 Å². The van der Waals surface area contributed by atoms with Crippen LogP contribution in [0.4, 0.5) is 4.79 Å². The van der Waals surface area contributed by atoms with E-state index >= 15 is 0 Å². The van der Waals surface area contributed by atoms with Crippen molar-refractivity contribution in [3.05, 3.63) is 27.2 Å². The summed E-state index contributed by atoms with van der Waals surface area (Å²) < 4.78 is 4.54. The van der Waals surface area contributed by atoms with Crippen LogP contribution >= 0.6 is 34.8 Å². The van der Waals surface area contributed by atoms with Crippen molar-refractivity contribution >= 4 is 40.9 Å². The van der Waals surface area contributed by atoms with Crippen LogP contribution in [-0.4, -0.2) is 6.09 Å². The lowest BCUT2D eigenvalue weighted by Crippen LogP contribution is -2.16. The van der Waals surface area contributed by atoms with E-state index in [9.17, 15) is 4.79 Å². The van der Waals surface area contributed by atoms with E-state index < -0.39 is 6.09 Å². The Morgan fingerprint density at radius 3 is 2.38 bits per heavy atom. The van der Waals surface area contributed by atoms with Crippen LogP contribution < -0.4 is 10.5 Å². The molecule has 6 heteroatoms. The number of ether oxygens (including phenoxy) is 1. The molecule has 70 valence electrons. The zero-order valence-corrected chi connectivity index (χ0v) is 8.45. The van der Waals surface area contributed by atoms with Gasteiger partial charge in [-0.2, -0.15) is 0 Å². The normalized spacial score (nSPS) is 9.77. The number of hydrogen-bond acceptors (Lipinski definition) is 2. The molecule has 1 rings (SSSR count). The summed E-state index contributed by atoms with van der Waals surface area (Å²) in [6, 6.07) is 2.86. The monoisotopic (exact) mass is 239 g/mol. The molecule has 0 radical (unpaired) electrons. The molecular formula is C7H4Cl3NO2. The third kappa shape index (κ3) is 2.40. The molecule has 0 heterocycles. The maximum atomic E-state index is 10.4. The zero-order chi connectivity index (χ0) is 10.0. The number of rotatable bonds is 1.